The van der Waals surface area contributed by atoms with Crippen LogP contribution in [0.3, 0.4) is 0 Å². The van der Waals surface area contributed by atoms with Gasteiger partial charge in [0.25, 0.3) is 0 Å². The molecule has 4 heteroatoms. The van der Waals surface area contributed by atoms with E-state index in [1.807, 2.05) is 4.90 Å². The van der Waals surface area contributed by atoms with E-state index in [0.717, 1.165) is 31.7 Å². The van der Waals surface area contributed by atoms with Crippen LogP contribution in [0.1, 0.15) is 64.2 Å². The number of hydrogen-bond acceptors (Lipinski definition) is 2. The second-order valence-corrected chi connectivity index (χ2v) is 6.02. The lowest BCUT2D eigenvalue weighted by molar-refractivity contribution is -0.139. The topological polar surface area (TPSA) is 57.6 Å². The second-order valence-electron chi connectivity index (χ2n) is 6.02. The van der Waals surface area contributed by atoms with Crippen molar-refractivity contribution < 1.29 is 14.7 Å². The largest absolute Gasteiger partial charge is 0.481 e. The molecule has 0 radical (unpaired) electrons. The predicted octanol–water partition coefficient (Wildman–Crippen LogP) is 2.81. The molecule has 0 aromatic carbocycles. The minimum atomic E-state index is -0.796. The normalized spacial score (nSPS) is 24.0. The standard InChI is InChI=1S/C15H25NO3/c17-14(9-3-7-12-5-1-2-6-12)16-10-4-8-13(16)11-15(18)19/h12-13H,1-11H2,(H,18,19). The van der Waals surface area contributed by atoms with Gasteiger partial charge in [-0.2, -0.15) is 0 Å². The molecule has 1 unspecified atom stereocenters. The van der Waals surface area contributed by atoms with E-state index in [-0.39, 0.29) is 18.4 Å². The van der Waals surface area contributed by atoms with Crippen LogP contribution in [0, 0.1) is 5.92 Å². The third-order valence-electron chi connectivity index (χ3n) is 4.59. The van der Waals surface area contributed by atoms with Gasteiger partial charge < -0.3 is 10.0 Å². The van der Waals surface area contributed by atoms with Crippen molar-refractivity contribution in [2.75, 3.05) is 6.54 Å². The van der Waals surface area contributed by atoms with Crippen LogP contribution in [0.4, 0.5) is 0 Å². The summed E-state index contributed by atoms with van der Waals surface area (Å²) in [5.41, 5.74) is 0. The lowest BCUT2D eigenvalue weighted by Crippen LogP contribution is -2.36. The Morgan fingerprint density at radius 1 is 1.11 bits per heavy atom. The number of carboxylic acids is 1. The number of amides is 1. The Hall–Kier alpha value is -1.06. The number of rotatable bonds is 6. The van der Waals surface area contributed by atoms with Gasteiger partial charge in [-0.1, -0.05) is 25.7 Å². The number of carbonyl (C=O) groups excluding carboxylic acids is 1. The molecule has 2 rings (SSSR count). The first-order valence-corrected chi connectivity index (χ1v) is 7.68. The van der Waals surface area contributed by atoms with Gasteiger partial charge in [-0.15, -0.1) is 0 Å². The van der Waals surface area contributed by atoms with E-state index < -0.39 is 5.97 Å². The van der Waals surface area contributed by atoms with Crippen LogP contribution < -0.4 is 0 Å². The van der Waals surface area contributed by atoms with Crippen molar-refractivity contribution in [1.82, 2.24) is 4.90 Å². The van der Waals surface area contributed by atoms with E-state index in [9.17, 15) is 9.59 Å². The Morgan fingerprint density at radius 2 is 1.84 bits per heavy atom. The molecule has 0 bridgehead atoms. The molecule has 1 saturated heterocycles. The Morgan fingerprint density at radius 3 is 2.53 bits per heavy atom. The fourth-order valence-electron chi connectivity index (χ4n) is 3.56. The first kappa shape index (κ1) is 14.4. The minimum Gasteiger partial charge on any atom is -0.481 e. The molecule has 108 valence electrons. The zero-order valence-electron chi connectivity index (χ0n) is 11.6. The molecule has 1 aliphatic carbocycles. The number of hydrogen-bond donors (Lipinski definition) is 1. The van der Waals surface area contributed by atoms with Crippen molar-refractivity contribution in [2.24, 2.45) is 5.92 Å². The third kappa shape index (κ3) is 4.22. The number of carboxylic acid groups (broad SMARTS) is 1. The van der Waals surface area contributed by atoms with Crippen LogP contribution in [0.5, 0.6) is 0 Å². The molecule has 4 nitrogen and oxygen atoms in total. The zero-order valence-corrected chi connectivity index (χ0v) is 11.6. The molecule has 1 atom stereocenters. The highest BCUT2D eigenvalue weighted by Gasteiger charge is 2.29. The summed E-state index contributed by atoms with van der Waals surface area (Å²) in [4.78, 5) is 24.7. The fourth-order valence-corrected chi connectivity index (χ4v) is 3.56. The molecule has 1 N–H and O–H groups in total. The smallest absolute Gasteiger partial charge is 0.305 e. The van der Waals surface area contributed by atoms with E-state index in [2.05, 4.69) is 0 Å². The van der Waals surface area contributed by atoms with E-state index in [1.165, 1.54) is 32.1 Å². The molecule has 19 heavy (non-hydrogen) atoms. The van der Waals surface area contributed by atoms with E-state index >= 15 is 0 Å². The molecule has 1 saturated carbocycles. The van der Waals surface area contributed by atoms with Gasteiger partial charge in [-0.25, -0.2) is 0 Å². The second kappa shape index (κ2) is 6.92. The highest BCUT2D eigenvalue weighted by molar-refractivity contribution is 5.78. The van der Waals surface area contributed by atoms with Gasteiger partial charge in [0.15, 0.2) is 0 Å². The summed E-state index contributed by atoms with van der Waals surface area (Å²) in [6.07, 6.45) is 10.0. The SMILES string of the molecule is O=C(O)CC1CCCN1C(=O)CCCC1CCCC1. The minimum absolute atomic E-state index is 0.0588. The summed E-state index contributed by atoms with van der Waals surface area (Å²) in [6, 6.07) is -0.0588. The maximum absolute atomic E-state index is 12.1. The highest BCUT2D eigenvalue weighted by Crippen LogP contribution is 2.29. The van der Waals surface area contributed by atoms with Crippen LogP contribution >= 0.6 is 0 Å². The van der Waals surface area contributed by atoms with Crippen LogP contribution in [0.25, 0.3) is 0 Å². The van der Waals surface area contributed by atoms with Gasteiger partial charge in [-0.3, -0.25) is 9.59 Å². The maximum Gasteiger partial charge on any atom is 0.305 e. The molecule has 1 amide bonds. The summed E-state index contributed by atoms with van der Waals surface area (Å²) >= 11 is 0. The van der Waals surface area contributed by atoms with Crippen molar-refractivity contribution >= 4 is 11.9 Å². The lowest BCUT2D eigenvalue weighted by atomic mass is 10.0. The van der Waals surface area contributed by atoms with Crippen molar-refractivity contribution in [3.05, 3.63) is 0 Å². The number of likely N-dealkylation sites (tertiary alicyclic amines) is 1. The number of nitrogens with zero attached hydrogens (tertiary/aromatic N) is 1. The van der Waals surface area contributed by atoms with Crippen LogP contribution in [0.2, 0.25) is 0 Å². The quantitative estimate of drug-likeness (QED) is 0.805. The van der Waals surface area contributed by atoms with Crippen molar-refractivity contribution in [1.29, 1.82) is 0 Å². The average molecular weight is 267 g/mol. The monoisotopic (exact) mass is 267 g/mol. The van der Waals surface area contributed by atoms with Gasteiger partial charge in [-0.05, 0) is 31.6 Å². The molecule has 2 aliphatic rings. The first-order chi connectivity index (χ1) is 9.16. The number of carbonyl (C=O) groups is 2. The van der Waals surface area contributed by atoms with Gasteiger partial charge in [0.1, 0.15) is 0 Å². The molecule has 1 heterocycles. The third-order valence-corrected chi connectivity index (χ3v) is 4.59. The summed E-state index contributed by atoms with van der Waals surface area (Å²) < 4.78 is 0. The Kier molecular flexibility index (Phi) is 5.23. The van der Waals surface area contributed by atoms with Crippen molar-refractivity contribution in [3.63, 3.8) is 0 Å². The molecule has 0 aromatic rings. The summed E-state index contributed by atoms with van der Waals surface area (Å²) in [5.74, 6) is 0.207. The first-order valence-electron chi connectivity index (χ1n) is 7.68. The van der Waals surface area contributed by atoms with Gasteiger partial charge in [0, 0.05) is 19.0 Å². The molecule has 0 spiro atoms. The maximum atomic E-state index is 12.1. The Bertz CT molecular complexity index is 323. The molecule has 1 aliphatic heterocycles. The van der Waals surface area contributed by atoms with E-state index in [0.29, 0.717) is 6.42 Å². The average Bonchev–Trinajstić information content (AvgIpc) is 2.99. The summed E-state index contributed by atoms with van der Waals surface area (Å²) in [5, 5.41) is 8.86. The lowest BCUT2D eigenvalue weighted by Gasteiger charge is -2.23. The van der Waals surface area contributed by atoms with E-state index in [4.69, 9.17) is 5.11 Å². The van der Waals surface area contributed by atoms with Gasteiger partial charge in [0.05, 0.1) is 6.42 Å². The van der Waals surface area contributed by atoms with Crippen LogP contribution in [-0.4, -0.2) is 34.5 Å². The van der Waals surface area contributed by atoms with E-state index in [1.54, 1.807) is 0 Å². The van der Waals surface area contributed by atoms with Gasteiger partial charge >= 0.3 is 5.97 Å². The Balaban J connectivity index is 1.70. The molecular formula is C15H25NO3. The van der Waals surface area contributed by atoms with Crippen LogP contribution in [-0.2, 0) is 9.59 Å². The Labute approximate surface area is 115 Å². The predicted molar refractivity (Wildman–Crippen MR) is 72.8 cm³/mol. The molecular weight excluding hydrogens is 242 g/mol. The number of aliphatic carboxylic acids is 1. The molecule has 2 fully saturated rings. The summed E-state index contributed by atoms with van der Waals surface area (Å²) in [7, 11) is 0. The fraction of sp³-hybridized carbons (Fsp3) is 0.867. The summed E-state index contributed by atoms with van der Waals surface area (Å²) in [6.45, 7) is 0.750. The van der Waals surface area contributed by atoms with Crippen LogP contribution in [0.15, 0.2) is 0 Å². The van der Waals surface area contributed by atoms with Gasteiger partial charge in [0.2, 0.25) is 5.91 Å². The highest BCUT2D eigenvalue weighted by atomic mass is 16.4. The van der Waals surface area contributed by atoms with Crippen molar-refractivity contribution in [2.45, 2.75) is 70.3 Å². The van der Waals surface area contributed by atoms with Crippen molar-refractivity contribution in [3.8, 4) is 0 Å². The molecule has 0 aromatic heterocycles. The zero-order chi connectivity index (χ0) is 13.7.